The highest BCUT2D eigenvalue weighted by molar-refractivity contribution is 6.33. The third kappa shape index (κ3) is 2.42. The number of carbonyl (C=O) groups excluding carboxylic acids is 1. The Bertz CT molecular complexity index is 497. The smallest absolute Gasteiger partial charge is 0.200 e. The van der Waals surface area contributed by atoms with Gasteiger partial charge in [0.05, 0.1) is 18.2 Å². The maximum atomic E-state index is 11.4. The quantitative estimate of drug-likeness (QED) is 0.774. The molecule has 4 heteroatoms. The fourth-order valence-electron chi connectivity index (χ4n) is 2.45. The summed E-state index contributed by atoms with van der Waals surface area (Å²) in [5.74, 6) is -0.846. The van der Waals surface area contributed by atoms with Crippen LogP contribution < -0.4 is 0 Å². The maximum absolute atomic E-state index is 11.4. The zero-order valence-electron chi connectivity index (χ0n) is 11.7. The molecule has 3 nitrogen and oxygen atoms in total. The largest absolute Gasteiger partial charge is 0.343 e. The topological polar surface area (TPSA) is 35.5 Å². The summed E-state index contributed by atoms with van der Waals surface area (Å²) >= 11 is 6.18. The van der Waals surface area contributed by atoms with Gasteiger partial charge in [0, 0.05) is 16.5 Å². The first-order chi connectivity index (χ1) is 8.78. The Labute approximate surface area is 118 Å². The molecule has 0 unspecified atom stereocenters. The van der Waals surface area contributed by atoms with Gasteiger partial charge in [0.15, 0.2) is 11.6 Å². The van der Waals surface area contributed by atoms with Crippen molar-refractivity contribution in [2.45, 2.75) is 33.5 Å². The fourth-order valence-corrected chi connectivity index (χ4v) is 2.76. The molecule has 1 heterocycles. The standard InChI is InChI=1S/C15H19ClO3/c1-10(17)12-6-5-11(9-13(12)16)15(14(2,3)4)18-7-8-19-15/h5-6,9H,7-8H2,1-4H3. The van der Waals surface area contributed by atoms with Crippen LogP contribution in [0.1, 0.15) is 43.6 Å². The number of hydrogen-bond acceptors (Lipinski definition) is 3. The van der Waals surface area contributed by atoms with E-state index >= 15 is 0 Å². The molecule has 2 rings (SSSR count). The molecule has 1 aliphatic heterocycles. The van der Waals surface area contributed by atoms with E-state index in [1.54, 1.807) is 12.1 Å². The average molecular weight is 283 g/mol. The minimum absolute atomic E-state index is 0.0467. The van der Waals surface area contributed by atoms with Crippen molar-refractivity contribution in [3.8, 4) is 0 Å². The average Bonchev–Trinajstić information content (AvgIpc) is 2.77. The molecule has 0 spiro atoms. The van der Waals surface area contributed by atoms with E-state index in [9.17, 15) is 4.79 Å². The third-order valence-electron chi connectivity index (χ3n) is 3.41. The van der Waals surface area contributed by atoms with E-state index in [-0.39, 0.29) is 11.2 Å². The van der Waals surface area contributed by atoms with Gasteiger partial charge in [-0.3, -0.25) is 4.79 Å². The Balaban J connectivity index is 2.50. The van der Waals surface area contributed by atoms with E-state index in [0.29, 0.717) is 23.8 Å². The van der Waals surface area contributed by atoms with Crippen molar-refractivity contribution in [3.63, 3.8) is 0 Å². The van der Waals surface area contributed by atoms with Gasteiger partial charge in [-0.25, -0.2) is 0 Å². The van der Waals surface area contributed by atoms with Crippen LogP contribution in [0, 0.1) is 5.41 Å². The number of benzene rings is 1. The summed E-state index contributed by atoms with van der Waals surface area (Å²) in [7, 11) is 0. The molecule has 0 N–H and O–H groups in total. The van der Waals surface area contributed by atoms with Gasteiger partial charge in [-0.15, -0.1) is 0 Å². The van der Waals surface area contributed by atoms with Crippen LogP contribution in [0.5, 0.6) is 0 Å². The fraction of sp³-hybridized carbons (Fsp3) is 0.533. The highest BCUT2D eigenvalue weighted by Crippen LogP contribution is 2.46. The van der Waals surface area contributed by atoms with Gasteiger partial charge < -0.3 is 9.47 Å². The molecule has 0 radical (unpaired) electrons. The molecule has 1 saturated heterocycles. The molecular weight excluding hydrogens is 264 g/mol. The van der Waals surface area contributed by atoms with Crippen LogP contribution in [0.25, 0.3) is 0 Å². The highest BCUT2D eigenvalue weighted by Gasteiger charge is 2.49. The van der Waals surface area contributed by atoms with Crippen LogP contribution in [0.15, 0.2) is 18.2 Å². The van der Waals surface area contributed by atoms with Gasteiger partial charge in [-0.05, 0) is 19.1 Å². The van der Waals surface area contributed by atoms with Gasteiger partial charge in [-0.2, -0.15) is 0 Å². The van der Waals surface area contributed by atoms with E-state index in [2.05, 4.69) is 20.8 Å². The van der Waals surface area contributed by atoms with Crippen molar-refractivity contribution < 1.29 is 14.3 Å². The van der Waals surface area contributed by atoms with E-state index < -0.39 is 5.79 Å². The molecule has 1 fully saturated rings. The highest BCUT2D eigenvalue weighted by atomic mass is 35.5. The number of rotatable bonds is 2. The Morgan fingerprint density at radius 2 is 1.84 bits per heavy atom. The number of Topliss-reactive ketones (excluding diaryl/α,β-unsaturated/α-hetero) is 1. The summed E-state index contributed by atoms with van der Waals surface area (Å²) in [6, 6.07) is 5.37. The van der Waals surface area contributed by atoms with E-state index in [1.165, 1.54) is 6.92 Å². The SMILES string of the molecule is CC(=O)c1ccc(C2(C(C)(C)C)OCCO2)cc1Cl. The zero-order chi connectivity index (χ0) is 14.3. The van der Waals surface area contributed by atoms with Crippen LogP contribution >= 0.6 is 11.6 Å². The van der Waals surface area contributed by atoms with Crippen molar-refractivity contribution in [1.82, 2.24) is 0 Å². The molecule has 19 heavy (non-hydrogen) atoms. The lowest BCUT2D eigenvalue weighted by Gasteiger charge is -2.40. The maximum Gasteiger partial charge on any atom is 0.200 e. The first-order valence-electron chi connectivity index (χ1n) is 6.37. The van der Waals surface area contributed by atoms with Crippen molar-refractivity contribution in [1.29, 1.82) is 0 Å². The van der Waals surface area contributed by atoms with Crippen molar-refractivity contribution in [2.75, 3.05) is 13.2 Å². The van der Waals surface area contributed by atoms with E-state index in [4.69, 9.17) is 21.1 Å². The number of hydrogen-bond donors (Lipinski definition) is 0. The number of ether oxygens (including phenoxy) is 2. The van der Waals surface area contributed by atoms with Gasteiger partial charge in [-0.1, -0.05) is 38.4 Å². The summed E-state index contributed by atoms with van der Waals surface area (Å²) in [5.41, 5.74) is 1.14. The molecular formula is C15H19ClO3. The monoisotopic (exact) mass is 282 g/mol. The first-order valence-corrected chi connectivity index (χ1v) is 6.74. The Morgan fingerprint density at radius 1 is 1.26 bits per heavy atom. The molecule has 1 aliphatic rings. The number of halogens is 1. The molecule has 0 amide bonds. The predicted octanol–water partition coefficient (Wildman–Crippen LogP) is 3.79. The molecule has 1 aromatic carbocycles. The summed E-state index contributed by atoms with van der Waals surface area (Å²) < 4.78 is 11.8. The van der Waals surface area contributed by atoms with Crippen LogP contribution in [-0.2, 0) is 15.3 Å². The lowest BCUT2D eigenvalue weighted by atomic mass is 9.80. The predicted molar refractivity (Wildman–Crippen MR) is 74.5 cm³/mol. The van der Waals surface area contributed by atoms with Crippen LogP contribution in [0.4, 0.5) is 0 Å². The molecule has 0 aromatic heterocycles. The van der Waals surface area contributed by atoms with Crippen LogP contribution in [-0.4, -0.2) is 19.0 Å². The van der Waals surface area contributed by atoms with Crippen molar-refractivity contribution in [2.24, 2.45) is 5.41 Å². The summed E-state index contributed by atoms with van der Waals surface area (Å²) in [6.45, 7) is 8.80. The molecule has 0 saturated carbocycles. The van der Waals surface area contributed by atoms with Crippen molar-refractivity contribution in [3.05, 3.63) is 34.3 Å². The Morgan fingerprint density at radius 3 is 2.26 bits per heavy atom. The van der Waals surface area contributed by atoms with Crippen LogP contribution in [0.3, 0.4) is 0 Å². The first kappa shape index (κ1) is 14.5. The molecule has 0 atom stereocenters. The number of carbonyl (C=O) groups is 1. The van der Waals surface area contributed by atoms with Crippen molar-refractivity contribution >= 4 is 17.4 Å². The molecule has 0 aliphatic carbocycles. The second kappa shape index (κ2) is 4.89. The lowest BCUT2D eigenvalue weighted by Crippen LogP contribution is -2.41. The van der Waals surface area contributed by atoms with Gasteiger partial charge in [0.1, 0.15) is 0 Å². The van der Waals surface area contributed by atoms with E-state index in [0.717, 1.165) is 5.56 Å². The molecule has 1 aromatic rings. The minimum Gasteiger partial charge on any atom is -0.343 e. The Hall–Kier alpha value is -0.900. The normalized spacial score (nSPS) is 18.6. The summed E-state index contributed by atoms with van der Waals surface area (Å²) in [4.78, 5) is 11.4. The van der Waals surface area contributed by atoms with Gasteiger partial charge in [0.25, 0.3) is 0 Å². The van der Waals surface area contributed by atoms with Gasteiger partial charge in [0.2, 0.25) is 0 Å². The molecule has 104 valence electrons. The molecule has 0 bridgehead atoms. The zero-order valence-corrected chi connectivity index (χ0v) is 12.5. The second-order valence-corrected chi connectivity index (χ2v) is 6.22. The number of ketones is 1. The Kier molecular flexibility index (Phi) is 3.74. The summed E-state index contributed by atoms with van der Waals surface area (Å²) in [6.07, 6.45) is 0. The van der Waals surface area contributed by atoms with Gasteiger partial charge >= 0.3 is 0 Å². The van der Waals surface area contributed by atoms with Crippen LogP contribution in [0.2, 0.25) is 5.02 Å². The third-order valence-corrected chi connectivity index (χ3v) is 3.72. The minimum atomic E-state index is -0.800. The second-order valence-electron chi connectivity index (χ2n) is 5.81. The van der Waals surface area contributed by atoms with E-state index in [1.807, 2.05) is 6.07 Å². The summed E-state index contributed by atoms with van der Waals surface area (Å²) in [5, 5.41) is 0.438. The lowest BCUT2D eigenvalue weighted by molar-refractivity contribution is -0.232.